The molecule has 118 valence electrons. The van der Waals surface area contributed by atoms with Gasteiger partial charge in [-0.15, -0.1) is 0 Å². The van der Waals surface area contributed by atoms with Gasteiger partial charge in [0.2, 0.25) is 0 Å². The highest BCUT2D eigenvalue weighted by atomic mass is 15.3. The molecule has 1 aliphatic rings. The van der Waals surface area contributed by atoms with Gasteiger partial charge in [-0.3, -0.25) is 0 Å². The van der Waals surface area contributed by atoms with Crippen molar-refractivity contribution in [2.75, 3.05) is 5.32 Å². The zero-order chi connectivity index (χ0) is 16.4. The summed E-state index contributed by atoms with van der Waals surface area (Å²) < 4.78 is 2.06. The Hall–Kier alpha value is -3.13. The normalized spacial score (nSPS) is 12.6. The molecule has 5 heteroatoms. The fourth-order valence-corrected chi connectivity index (χ4v) is 3.24. The number of rotatable bonds is 4. The van der Waals surface area contributed by atoms with Crippen LogP contribution in [0.4, 0.5) is 5.82 Å². The summed E-state index contributed by atoms with van der Waals surface area (Å²) in [7, 11) is 0. The topological polar surface area (TPSA) is 66.5 Å². The number of fused-ring (bicyclic) bond motifs is 1. The highest BCUT2D eigenvalue weighted by molar-refractivity contribution is 5.51. The van der Waals surface area contributed by atoms with Crippen molar-refractivity contribution >= 4 is 5.82 Å². The second-order valence-electron chi connectivity index (χ2n) is 5.84. The molecule has 0 saturated carbocycles. The van der Waals surface area contributed by atoms with Crippen LogP contribution in [-0.4, -0.2) is 14.8 Å². The number of aromatic nitrogens is 3. The maximum absolute atomic E-state index is 9.17. The van der Waals surface area contributed by atoms with E-state index in [1.54, 1.807) is 18.3 Å². The first kappa shape index (κ1) is 14.5. The van der Waals surface area contributed by atoms with Crippen LogP contribution in [-0.2, 0) is 19.4 Å². The van der Waals surface area contributed by atoms with E-state index in [4.69, 9.17) is 5.10 Å². The summed E-state index contributed by atoms with van der Waals surface area (Å²) in [5.74, 6) is 0.612. The fraction of sp³-hybridized carbons (Fsp3) is 0.211. The van der Waals surface area contributed by atoms with Crippen LogP contribution in [0.3, 0.4) is 0 Å². The molecule has 2 heterocycles. The lowest BCUT2D eigenvalue weighted by atomic mass is 10.2. The van der Waals surface area contributed by atoms with Crippen LogP contribution in [0.15, 0.2) is 48.7 Å². The van der Waals surface area contributed by atoms with Gasteiger partial charge in [-0.1, -0.05) is 18.2 Å². The molecule has 0 radical (unpaired) electrons. The zero-order valence-corrected chi connectivity index (χ0v) is 13.2. The zero-order valence-electron chi connectivity index (χ0n) is 13.2. The molecule has 4 rings (SSSR count). The van der Waals surface area contributed by atoms with E-state index >= 15 is 0 Å². The smallest absolute Gasteiger partial charge is 0.144 e. The Kier molecular flexibility index (Phi) is 3.72. The first-order valence-electron chi connectivity index (χ1n) is 8.11. The van der Waals surface area contributed by atoms with Gasteiger partial charge in [0, 0.05) is 11.9 Å². The number of para-hydroxylation sites is 1. The molecule has 1 aromatic carbocycles. The lowest BCUT2D eigenvalue weighted by Crippen LogP contribution is -2.06. The van der Waals surface area contributed by atoms with Gasteiger partial charge in [-0.25, -0.2) is 9.67 Å². The van der Waals surface area contributed by atoms with E-state index in [2.05, 4.69) is 33.2 Å². The minimum atomic E-state index is 0.552. The predicted octanol–water partition coefficient (Wildman–Crippen LogP) is 3.24. The third kappa shape index (κ3) is 2.52. The molecule has 0 aliphatic heterocycles. The standard InChI is InChI=1S/C19H17N5/c20-12-14-6-5-11-21-19(14)22-13-17-16-9-4-10-18(16)24(23-17)15-7-2-1-3-8-15/h1-3,5-8,11H,4,9-10,13H2,(H,21,22). The fourth-order valence-electron chi connectivity index (χ4n) is 3.24. The molecule has 1 aliphatic carbocycles. The number of hydrogen-bond donors (Lipinski definition) is 1. The quantitative estimate of drug-likeness (QED) is 0.802. The third-order valence-corrected chi connectivity index (χ3v) is 4.37. The van der Waals surface area contributed by atoms with E-state index in [-0.39, 0.29) is 0 Å². The average molecular weight is 315 g/mol. The molecule has 0 unspecified atom stereocenters. The number of nitriles is 1. The van der Waals surface area contributed by atoms with Gasteiger partial charge in [0.1, 0.15) is 11.9 Å². The lowest BCUT2D eigenvalue weighted by Gasteiger charge is -2.06. The molecule has 0 bridgehead atoms. The molecular formula is C19H17N5. The monoisotopic (exact) mass is 315 g/mol. The van der Waals surface area contributed by atoms with Gasteiger partial charge >= 0.3 is 0 Å². The minimum absolute atomic E-state index is 0.552. The first-order chi connectivity index (χ1) is 11.9. The van der Waals surface area contributed by atoms with Gasteiger partial charge in [0.15, 0.2) is 0 Å². The molecule has 0 fully saturated rings. The number of nitrogens with zero attached hydrogens (tertiary/aromatic N) is 4. The van der Waals surface area contributed by atoms with Gasteiger partial charge in [-0.05, 0) is 49.1 Å². The number of pyridine rings is 1. The first-order valence-corrected chi connectivity index (χ1v) is 8.11. The Morgan fingerprint density at radius 2 is 2.00 bits per heavy atom. The van der Waals surface area contributed by atoms with Crippen molar-refractivity contribution < 1.29 is 0 Å². The number of benzene rings is 1. The van der Waals surface area contributed by atoms with E-state index in [1.807, 2.05) is 18.2 Å². The number of anilines is 1. The molecule has 1 N–H and O–H groups in total. The Morgan fingerprint density at radius 1 is 1.12 bits per heavy atom. The van der Waals surface area contributed by atoms with E-state index in [0.717, 1.165) is 24.2 Å². The van der Waals surface area contributed by atoms with Crippen LogP contribution < -0.4 is 5.32 Å². The third-order valence-electron chi connectivity index (χ3n) is 4.37. The van der Waals surface area contributed by atoms with Crippen molar-refractivity contribution in [3.63, 3.8) is 0 Å². The molecule has 5 nitrogen and oxygen atoms in total. The minimum Gasteiger partial charge on any atom is -0.363 e. The van der Waals surface area contributed by atoms with Crippen molar-refractivity contribution in [1.29, 1.82) is 5.26 Å². The highest BCUT2D eigenvalue weighted by Gasteiger charge is 2.23. The summed E-state index contributed by atoms with van der Waals surface area (Å²) in [6.45, 7) is 0.577. The summed E-state index contributed by atoms with van der Waals surface area (Å²) in [6.07, 6.45) is 4.98. The van der Waals surface area contributed by atoms with E-state index in [9.17, 15) is 5.26 Å². The molecule has 3 aromatic rings. The van der Waals surface area contributed by atoms with Crippen molar-refractivity contribution in [1.82, 2.24) is 14.8 Å². The maximum atomic E-state index is 9.17. The summed E-state index contributed by atoms with van der Waals surface area (Å²) in [5, 5.41) is 17.3. The summed E-state index contributed by atoms with van der Waals surface area (Å²) in [4.78, 5) is 4.25. The van der Waals surface area contributed by atoms with Crippen LogP contribution in [0, 0.1) is 11.3 Å². The second kappa shape index (κ2) is 6.17. The maximum Gasteiger partial charge on any atom is 0.144 e. The summed E-state index contributed by atoms with van der Waals surface area (Å²) >= 11 is 0. The SMILES string of the molecule is N#Cc1cccnc1NCc1nn(-c2ccccc2)c2c1CCC2. The van der Waals surface area contributed by atoms with Gasteiger partial charge in [0.05, 0.1) is 23.5 Å². The predicted molar refractivity (Wildman–Crippen MR) is 91.9 cm³/mol. The molecule has 0 atom stereocenters. The van der Waals surface area contributed by atoms with E-state index in [1.165, 1.54) is 17.7 Å². The summed E-state index contributed by atoms with van der Waals surface area (Å²) in [5.41, 5.74) is 5.33. The molecular weight excluding hydrogens is 298 g/mol. The van der Waals surface area contributed by atoms with Crippen molar-refractivity contribution in [3.05, 3.63) is 71.2 Å². The largest absolute Gasteiger partial charge is 0.363 e. The highest BCUT2D eigenvalue weighted by Crippen LogP contribution is 2.28. The molecule has 0 saturated heterocycles. The lowest BCUT2D eigenvalue weighted by molar-refractivity contribution is 0.763. The average Bonchev–Trinajstić information content (AvgIpc) is 3.24. The van der Waals surface area contributed by atoms with Gasteiger partial charge in [-0.2, -0.15) is 10.4 Å². The number of nitrogens with one attached hydrogen (secondary N) is 1. The van der Waals surface area contributed by atoms with Crippen molar-refractivity contribution in [2.24, 2.45) is 0 Å². The Labute approximate surface area is 140 Å². The van der Waals surface area contributed by atoms with E-state index < -0.39 is 0 Å². The molecule has 24 heavy (non-hydrogen) atoms. The van der Waals surface area contributed by atoms with Crippen LogP contribution in [0.5, 0.6) is 0 Å². The van der Waals surface area contributed by atoms with Gasteiger partial charge in [0.25, 0.3) is 0 Å². The van der Waals surface area contributed by atoms with Crippen molar-refractivity contribution in [2.45, 2.75) is 25.8 Å². The second-order valence-corrected chi connectivity index (χ2v) is 5.84. The summed E-state index contributed by atoms with van der Waals surface area (Å²) in [6, 6.07) is 15.9. The molecule has 2 aromatic heterocycles. The van der Waals surface area contributed by atoms with Gasteiger partial charge < -0.3 is 5.32 Å². The van der Waals surface area contributed by atoms with Crippen LogP contribution in [0.2, 0.25) is 0 Å². The number of hydrogen-bond acceptors (Lipinski definition) is 4. The van der Waals surface area contributed by atoms with E-state index in [0.29, 0.717) is 17.9 Å². The Balaban J connectivity index is 1.64. The van der Waals surface area contributed by atoms with Crippen LogP contribution in [0.1, 0.15) is 28.9 Å². The Bertz CT molecular complexity index is 905. The molecule has 0 amide bonds. The Morgan fingerprint density at radius 3 is 2.83 bits per heavy atom. The molecule has 0 spiro atoms. The van der Waals surface area contributed by atoms with Crippen LogP contribution in [0.25, 0.3) is 5.69 Å². The van der Waals surface area contributed by atoms with Crippen LogP contribution >= 0.6 is 0 Å². The van der Waals surface area contributed by atoms with Crippen molar-refractivity contribution in [3.8, 4) is 11.8 Å².